The number of nitrogens with two attached hydrogens (primary N) is 1. The Kier molecular flexibility index (Phi) is 3.73. The summed E-state index contributed by atoms with van der Waals surface area (Å²) in [4.78, 5) is 50.8. The fourth-order valence-corrected chi connectivity index (χ4v) is 2.84. The Morgan fingerprint density at radius 1 is 1.00 bits per heavy atom. The molecule has 0 radical (unpaired) electrons. The van der Waals surface area contributed by atoms with Crippen LogP contribution in [0.3, 0.4) is 0 Å². The number of ketones is 3. The molecule has 1 aliphatic heterocycles. The number of benzene rings is 2. The number of hydrogen-bond acceptors (Lipinski definition) is 5. The first-order chi connectivity index (χ1) is 11.4. The number of rotatable bonds is 3. The Morgan fingerprint density at radius 3 is 2.29 bits per heavy atom. The Balaban J connectivity index is 2.04. The molecule has 1 atom stereocenters. The lowest BCUT2D eigenvalue weighted by atomic mass is 9.97. The molecule has 0 aliphatic carbocycles. The summed E-state index contributed by atoms with van der Waals surface area (Å²) in [5, 5.41) is 0. The van der Waals surface area contributed by atoms with Gasteiger partial charge in [-0.2, -0.15) is 0 Å². The van der Waals surface area contributed by atoms with E-state index in [1.54, 1.807) is 30.3 Å². The lowest BCUT2D eigenvalue weighted by molar-refractivity contribution is -0.120. The third-order valence-electron chi connectivity index (χ3n) is 3.95. The van der Waals surface area contributed by atoms with Gasteiger partial charge in [-0.3, -0.25) is 24.1 Å². The van der Waals surface area contributed by atoms with Crippen LogP contribution >= 0.6 is 0 Å². The van der Waals surface area contributed by atoms with Gasteiger partial charge in [0, 0.05) is 23.7 Å². The zero-order valence-electron chi connectivity index (χ0n) is 12.9. The van der Waals surface area contributed by atoms with Crippen LogP contribution in [0.25, 0.3) is 0 Å². The Labute approximate surface area is 137 Å². The van der Waals surface area contributed by atoms with Crippen LogP contribution in [0.5, 0.6) is 0 Å². The molecule has 0 spiro atoms. The van der Waals surface area contributed by atoms with Crippen LogP contribution in [-0.2, 0) is 9.59 Å². The smallest absolute Gasteiger partial charge is 0.234 e. The average Bonchev–Trinajstić information content (AvgIpc) is 2.87. The lowest BCUT2D eigenvalue weighted by Gasteiger charge is -2.21. The number of nitrogens with zero attached hydrogens (tertiary/aromatic N) is 1. The van der Waals surface area contributed by atoms with Gasteiger partial charge in [-0.15, -0.1) is 0 Å². The van der Waals surface area contributed by atoms with Crippen molar-refractivity contribution in [3.63, 3.8) is 0 Å². The standard InChI is InChI=1S/C18H14N2O4/c1-10(21)20-14-9-5-3-7-12(14)16(22)15(20)18(24)17(23)11-6-2-4-8-13(11)19/h2-9,15H,19H2,1H3. The number of fused-ring (bicyclic) bond motifs is 1. The number of carbonyl (C=O) groups excluding carboxylic acids is 4. The number of nitrogen functional groups attached to an aromatic ring is 1. The van der Waals surface area contributed by atoms with Crippen molar-refractivity contribution in [3.05, 3.63) is 59.7 Å². The molecule has 2 aromatic rings. The molecule has 0 fully saturated rings. The van der Waals surface area contributed by atoms with Gasteiger partial charge < -0.3 is 5.73 Å². The van der Waals surface area contributed by atoms with Gasteiger partial charge in [0.15, 0.2) is 11.8 Å². The highest BCUT2D eigenvalue weighted by atomic mass is 16.2. The highest BCUT2D eigenvalue weighted by Crippen LogP contribution is 2.33. The van der Waals surface area contributed by atoms with E-state index in [1.165, 1.54) is 25.1 Å². The second-order valence-electron chi connectivity index (χ2n) is 5.45. The topological polar surface area (TPSA) is 97.5 Å². The van der Waals surface area contributed by atoms with Crippen molar-refractivity contribution in [1.82, 2.24) is 0 Å². The van der Waals surface area contributed by atoms with Gasteiger partial charge in [0.05, 0.1) is 5.69 Å². The fourth-order valence-electron chi connectivity index (χ4n) is 2.84. The maximum absolute atomic E-state index is 12.7. The molecule has 1 amide bonds. The van der Waals surface area contributed by atoms with Gasteiger partial charge in [-0.1, -0.05) is 24.3 Å². The minimum Gasteiger partial charge on any atom is -0.398 e. The molecule has 24 heavy (non-hydrogen) atoms. The fraction of sp³-hybridized carbons (Fsp3) is 0.111. The molecule has 2 aromatic carbocycles. The highest BCUT2D eigenvalue weighted by molar-refractivity contribution is 6.52. The molecule has 0 saturated heterocycles. The quantitative estimate of drug-likeness (QED) is 0.401. The Hall–Kier alpha value is -3.28. The van der Waals surface area contributed by atoms with Gasteiger partial charge >= 0.3 is 0 Å². The van der Waals surface area contributed by atoms with Crippen LogP contribution in [0.2, 0.25) is 0 Å². The summed E-state index contributed by atoms with van der Waals surface area (Å²) in [5.74, 6) is -2.90. The van der Waals surface area contributed by atoms with E-state index in [-0.39, 0.29) is 16.8 Å². The summed E-state index contributed by atoms with van der Waals surface area (Å²) in [7, 11) is 0. The summed E-state index contributed by atoms with van der Waals surface area (Å²) >= 11 is 0. The first-order valence-electron chi connectivity index (χ1n) is 7.29. The number of amides is 1. The second-order valence-corrected chi connectivity index (χ2v) is 5.45. The van der Waals surface area contributed by atoms with E-state index in [0.717, 1.165) is 4.90 Å². The number of Topliss-reactive ketones (excluding diaryl/α,β-unsaturated/α-hetero) is 3. The van der Waals surface area contributed by atoms with E-state index >= 15 is 0 Å². The summed E-state index contributed by atoms with van der Waals surface area (Å²) < 4.78 is 0. The maximum Gasteiger partial charge on any atom is 0.234 e. The van der Waals surface area contributed by atoms with Gasteiger partial charge in [0.1, 0.15) is 0 Å². The van der Waals surface area contributed by atoms with Crippen LogP contribution < -0.4 is 10.6 Å². The van der Waals surface area contributed by atoms with Crippen molar-refractivity contribution < 1.29 is 19.2 Å². The van der Waals surface area contributed by atoms with Gasteiger partial charge in [-0.05, 0) is 24.3 Å². The summed E-state index contributed by atoms with van der Waals surface area (Å²) in [6, 6.07) is 11.0. The minimum absolute atomic E-state index is 0.0229. The molecular formula is C18H14N2O4. The number of hydrogen-bond donors (Lipinski definition) is 1. The summed E-state index contributed by atoms with van der Waals surface area (Å²) in [6.07, 6.45) is 0. The van der Waals surface area contributed by atoms with Gasteiger partial charge in [-0.25, -0.2) is 0 Å². The Morgan fingerprint density at radius 2 is 1.62 bits per heavy atom. The third kappa shape index (κ3) is 2.28. The molecule has 120 valence electrons. The predicted octanol–water partition coefficient (Wildman–Crippen LogP) is 1.64. The van der Waals surface area contributed by atoms with Crippen LogP contribution in [0.15, 0.2) is 48.5 Å². The normalized spacial score (nSPS) is 16.0. The van der Waals surface area contributed by atoms with Crippen LogP contribution in [0.4, 0.5) is 11.4 Å². The molecule has 0 bridgehead atoms. The van der Waals surface area contributed by atoms with Crippen molar-refractivity contribution in [2.45, 2.75) is 13.0 Å². The molecule has 0 saturated carbocycles. The van der Waals surface area contributed by atoms with Crippen molar-refractivity contribution in [2.24, 2.45) is 0 Å². The zero-order chi connectivity index (χ0) is 17.4. The molecule has 0 aromatic heterocycles. The summed E-state index contributed by atoms with van der Waals surface area (Å²) in [5.41, 5.74) is 6.49. The van der Waals surface area contributed by atoms with E-state index in [9.17, 15) is 19.2 Å². The minimum atomic E-state index is -1.48. The van der Waals surface area contributed by atoms with Crippen molar-refractivity contribution in [3.8, 4) is 0 Å². The van der Waals surface area contributed by atoms with Gasteiger partial charge in [0.25, 0.3) is 0 Å². The summed E-state index contributed by atoms with van der Waals surface area (Å²) in [6.45, 7) is 1.25. The number of carbonyl (C=O) groups is 4. The van der Waals surface area contributed by atoms with Crippen LogP contribution in [0.1, 0.15) is 27.6 Å². The first kappa shape index (κ1) is 15.6. The van der Waals surface area contributed by atoms with Crippen molar-refractivity contribution in [2.75, 3.05) is 10.6 Å². The maximum atomic E-state index is 12.7. The second kappa shape index (κ2) is 5.73. The predicted molar refractivity (Wildman–Crippen MR) is 87.9 cm³/mol. The Bertz CT molecular complexity index is 888. The molecule has 2 N–H and O–H groups in total. The van der Waals surface area contributed by atoms with E-state index < -0.39 is 29.3 Å². The van der Waals surface area contributed by atoms with Gasteiger partial charge in [0.2, 0.25) is 17.5 Å². The molecule has 1 unspecified atom stereocenters. The SMILES string of the molecule is CC(=O)N1c2ccccc2C(=O)C1C(=O)C(=O)c1ccccc1N. The molecule has 1 aliphatic rings. The number of anilines is 2. The van der Waals surface area contributed by atoms with Crippen LogP contribution in [0, 0.1) is 0 Å². The number of para-hydroxylation sites is 2. The zero-order valence-corrected chi connectivity index (χ0v) is 12.9. The highest BCUT2D eigenvalue weighted by Gasteiger charge is 2.46. The van der Waals surface area contributed by atoms with E-state index in [0.29, 0.717) is 5.69 Å². The largest absolute Gasteiger partial charge is 0.398 e. The first-order valence-corrected chi connectivity index (χ1v) is 7.29. The average molecular weight is 322 g/mol. The lowest BCUT2D eigenvalue weighted by Crippen LogP contribution is -2.47. The molecular weight excluding hydrogens is 308 g/mol. The van der Waals surface area contributed by atoms with Crippen molar-refractivity contribution in [1.29, 1.82) is 0 Å². The molecule has 3 rings (SSSR count). The monoisotopic (exact) mass is 322 g/mol. The third-order valence-corrected chi connectivity index (χ3v) is 3.95. The van der Waals surface area contributed by atoms with E-state index in [1.807, 2.05) is 0 Å². The molecule has 1 heterocycles. The van der Waals surface area contributed by atoms with Crippen molar-refractivity contribution >= 4 is 34.6 Å². The van der Waals surface area contributed by atoms with Crippen LogP contribution in [-0.4, -0.2) is 29.3 Å². The van der Waals surface area contributed by atoms with E-state index in [2.05, 4.69) is 0 Å². The van der Waals surface area contributed by atoms with E-state index in [4.69, 9.17) is 5.73 Å². The molecule has 6 nitrogen and oxygen atoms in total. The molecule has 6 heteroatoms.